The summed E-state index contributed by atoms with van der Waals surface area (Å²) in [5, 5.41) is 0. The average molecular weight is 560 g/mol. The van der Waals surface area contributed by atoms with E-state index in [1.807, 2.05) is 24.3 Å². The van der Waals surface area contributed by atoms with Crippen LogP contribution in [0.25, 0.3) is 11.1 Å². The molecule has 1 heterocycles. The number of carbonyl (C=O) groups is 1. The van der Waals surface area contributed by atoms with E-state index in [2.05, 4.69) is 44.0 Å². The molecule has 1 aliphatic carbocycles. The molecule has 0 bridgehead atoms. The normalized spacial score (nSPS) is 19.4. The van der Waals surface area contributed by atoms with Crippen molar-refractivity contribution in [1.29, 1.82) is 0 Å². The highest BCUT2D eigenvalue weighted by Crippen LogP contribution is 2.48. The molecule has 0 amide bonds. The zero-order valence-corrected chi connectivity index (χ0v) is 24.9. The zero-order valence-electron chi connectivity index (χ0n) is 24.9. The lowest BCUT2D eigenvalue weighted by molar-refractivity contribution is -0.141. The maximum Gasteiger partial charge on any atom is 0.306 e. The number of hydrogen-bond donors (Lipinski definition) is 0. The Morgan fingerprint density at radius 3 is 2.54 bits per heavy atom. The summed E-state index contributed by atoms with van der Waals surface area (Å²) in [5.74, 6) is 1.64. The van der Waals surface area contributed by atoms with Crippen LogP contribution in [0.1, 0.15) is 74.6 Å². The van der Waals surface area contributed by atoms with Gasteiger partial charge in [-0.25, -0.2) is 4.39 Å². The van der Waals surface area contributed by atoms with Crippen molar-refractivity contribution in [1.82, 2.24) is 4.90 Å². The van der Waals surface area contributed by atoms with E-state index in [4.69, 9.17) is 14.2 Å². The van der Waals surface area contributed by atoms with Crippen LogP contribution in [0.15, 0.2) is 60.7 Å². The first-order valence-corrected chi connectivity index (χ1v) is 14.7. The molecule has 1 saturated heterocycles. The van der Waals surface area contributed by atoms with Gasteiger partial charge in [-0.3, -0.25) is 9.69 Å². The number of ether oxygens (including phenoxy) is 3. The SMILES string of the molecule is COC(=O)CC(c1cccc(OCc2ccc(-c3cc(OC)ccc3F)c([C@@H]3N(C)CCCC3(C)C)c2)c1)C1CC1. The molecule has 1 saturated carbocycles. The maximum absolute atomic E-state index is 15.2. The Bertz CT molecular complexity index is 1380. The molecule has 2 atom stereocenters. The molecule has 1 unspecified atom stereocenters. The van der Waals surface area contributed by atoms with Crippen LogP contribution in [0.4, 0.5) is 4.39 Å². The Morgan fingerprint density at radius 1 is 1.02 bits per heavy atom. The molecule has 0 N–H and O–H groups in total. The number of halogens is 1. The molecule has 2 fully saturated rings. The van der Waals surface area contributed by atoms with Crippen molar-refractivity contribution in [2.24, 2.45) is 11.3 Å². The fourth-order valence-corrected chi connectivity index (χ4v) is 6.64. The van der Waals surface area contributed by atoms with Crippen molar-refractivity contribution in [3.8, 4) is 22.6 Å². The molecule has 5 rings (SSSR count). The number of carbonyl (C=O) groups excluding carboxylic acids is 1. The Hall–Kier alpha value is -3.38. The summed E-state index contributed by atoms with van der Waals surface area (Å²) in [6.45, 7) is 5.99. The second-order valence-electron chi connectivity index (χ2n) is 12.3. The van der Waals surface area contributed by atoms with Crippen molar-refractivity contribution in [3.63, 3.8) is 0 Å². The molecule has 1 aliphatic heterocycles. The lowest BCUT2D eigenvalue weighted by Gasteiger charge is -2.46. The lowest BCUT2D eigenvalue weighted by Crippen LogP contribution is -2.41. The predicted octanol–water partition coefficient (Wildman–Crippen LogP) is 7.93. The molecule has 0 spiro atoms. The van der Waals surface area contributed by atoms with Crippen LogP contribution in [0.2, 0.25) is 0 Å². The highest BCUT2D eigenvalue weighted by Gasteiger charge is 2.38. The number of likely N-dealkylation sites (tertiary alicyclic amines) is 1. The number of hydrogen-bond acceptors (Lipinski definition) is 5. The number of nitrogens with zero attached hydrogens (tertiary/aromatic N) is 1. The minimum absolute atomic E-state index is 0.0162. The molecule has 6 heteroatoms. The van der Waals surface area contributed by atoms with Gasteiger partial charge in [0.25, 0.3) is 0 Å². The minimum Gasteiger partial charge on any atom is -0.497 e. The number of esters is 1. The van der Waals surface area contributed by atoms with E-state index in [1.165, 1.54) is 13.2 Å². The molecule has 0 aromatic heterocycles. The third kappa shape index (κ3) is 6.59. The van der Waals surface area contributed by atoms with Gasteiger partial charge in [0, 0.05) is 11.6 Å². The number of methoxy groups -OCH3 is 2. The molecule has 5 nitrogen and oxygen atoms in total. The van der Waals surface area contributed by atoms with Gasteiger partial charge in [0.15, 0.2) is 0 Å². The fraction of sp³-hybridized carbons (Fsp3) is 0.457. The Balaban J connectivity index is 1.45. The van der Waals surface area contributed by atoms with Gasteiger partial charge >= 0.3 is 5.97 Å². The Morgan fingerprint density at radius 2 is 1.83 bits per heavy atom. The van der Waals surface area contributed by atoms with Crippen LogP contribution in [0, 0.1) is 17.2 Å². The van der Waals surface area contributed by atoms with E-state index in [1.54, 1.807) is 19.2 Å². The molecule has 41 heavy (non-hydrogen) atoms. The molecule has 0 radical (unpaired) electrons. The summed E-state index contributed by atoms with van der Waals surface area (Å²) < 4.78 is 32.0. The second-order valence-corrected chi connectivity index (χ2v) is 12.3. The predicted molar refractivity (Wildman–Crippen MR) is 160 cm³/mol. The highest BCUT2D eigenvalue weighted by molar-refractivity contribution is 5.71. The van der Waals surface area contributed by atoms with Crippen molar-refractivity contribution in [2.45, 2.75) is 64.5 Å². The molecular weight excluding hydrogens is 517 g/mol. The first kappa shape index (κ1) is 29.1. The summed E-state index contributed by atoms with van der Waals surface area (Å²) in [6.07, 6.45) is 4.91. The van der Waals surface area contributed by atoms with E-state index >= 15 is 4.39 Å². The maximum atomic E-state index is 15.2. The van der Waals surface area contributed by atoms with Gasteiger partial charge < -0.3 is 14.2 Å². The van der Waals surface area contributed by atoms with Crippen LogP contribution >= 0.6 is 0 Å². The quantitative estimate of drug-likeness (QED) is 0.236. The van der Waals surface area contributed by atoms with Crippen LogP contribution in [-0.2, 0) is 16.1 Å². The molecule has 218 valence electrons. The van der Waals surface area contributed by atoms with Crippen LogP contribution in [-0.4, -0.2) is 38.7 Å². The van der Waals surface area contributed by atoms with E-state index in [9.17, 15) is 4.79 Å². The van der Waals surface area contributed by atoms with Crippen LogP contribution < -0.4 is 9.47 Å². The second kappa shape index (κ2) is 12.2. The summed E-state index contributed by atoms with van der Waals surface area (Å²) in [7, 11) is 5.21. The van der Waals surface area contributed by atoms with Gasteiger partial charge in [0.2, 0.25) is 0 Å². The molecule has 3 aromatic carbocycles. The van der Waals surface area contributed by atoms with E-state index in [0.717, 1.165) is 60.2 Å². The van der Waals surface area contributed by atoms with Crippen molar-refractivity contribution in [2.75, 3.05) is 27.8 Å². The largest absolute Gasteiger partial charge is 0.497 e. The first-order chi connectivity index (χ1) is 19.7. The van der Waals surface area contributed by atoms with Gasteiger partial charge in [-0.05, 0) is 109 Å². The molecule has 2 aliphatic rings. The van der Waals surface area contributed by atoms with Crippen LogP contribution in [0.3, 0.4) is 0 Å². The van der Waals surface area contributed by atoms with Crippen molar-refractivity contribution < 1.29 is 23.4 Å². The molecular formula is C35H42FNO4. The highest BCUT2D eigenvalue weighted by atomic mass is 19.1. The standard InChI is InChI=1S/C35H42FNO4/c1-35(2)16-7-17-37(3)34(35)31-18-23(10-14-28(31)30-20-26(39-4)13-15-32(30)36)22-41-27-9-6-8-25(19-27)29(24-11-12-24)21-33(38)40-5/h6,8-10,13-15,18-20,24,29,34H,7,11-12,16-17,21-22H2,1-5H3/t29?,34-/m0/s1. The Kier molecular flexibility index (Phi) is 8.69. The number of piperidine rings is 1. The summed E-state index contributed by atoms with van der Waals surface area (Å²) in [4.78, 5) is 14.5. The molecule has 3 aromatic rings. The lowest BCUT2D eigenvalue weighted by atomic mass is 9.72. The number of benzene rings is 3. The third-order valence-electron chi connectivity index (χ3n) is 8.88. The smallest absolute Gasteiger partial charge is 0.306 e. The van der Waals surface area contributed by atoms with Crippen molar-refractivity contribution in [3.05, 3.63) is 83.2 Å². The Labute approximate surface area is 243 Å². The van der Waals surface area contributed by atoms with Gasteiger partial charge in [0.1, 0.15) is 23.9 Å². The van der Waals surface area contributed by atoms with Gasteiger partial charge in [0.05, 0.1) is 20.6 Å². The van der Waals surface area contributed by atoms with E-state index in [0.29, 0.717) is 30.3 Å². The van der Waals surface area contributed by atoms with Crippen molar-refractivity contribution >= 4 is 5.97 Å². The average Bonchev–Trinajstić information content (AvgIpc) is 3.80. The zero-order chi connectivity index (χ0) is 29.1. The van der Waals surface area contributed by atoms with Gasteiger partial charge in [-0.2, -0.15) is 0 Å². The van der Waals surface area contributed by atoms with Crippen LogP contribution in [0.5, 0.6) is 11.5 Å². The summed E-state index contributed by atoms with van der Waals surface area (Å²) in [5.41, 5.74) is 4.69. The van der Waals surface area contributed by atoms with Gasteiger partial charge in [-0.1, -0.05) is 44.2 Å². The topological polar surface area (TPSA) is 48.0 Å². The summed E-state index contributed by atoms with van der Waals surface area (Å²) in [6, 6.07) is 19.4. The minimum atomic E-state index is -0.263. The fourth-order valence-electron chi connectivity index (χ4n) is 6.64. The van der Waals surface area contributed by atoms with Gasteiger partial charge in [-0.15, -0.1) is 0 Å². The monoisotopic (exact) mass is 559 g/mol. The van der Waals surface area contributed by atoms with E-state index in [-0.39, 0.29) is 29.2 Å². The third-order valence-corrected chi connectivity index (χ3v) is 8.88. The number of rotatable bonds is 10. The summed E-state index contributed by atoms with van der Waals surface area (Å²) >= 11 is 0. The first-order valence-electron chi connectivity index (χ1n) is 14.7. The van der Waals surface area contributed by atoms with E-state index < -0.39 is 0 Å².